The molecule has 2 aromatic rings. The molecule has 1 N–H and O–H groups in total. The quantitative estimate of drug-likeness (QED) is 0.812. The summed E-state index contributed by atoms with van der Waals surface area (Å²) in [7, 11) is 0. The first-order chi connectivity index (χ1) is 11.2. The Kier molecular flexibility index (Phi) is 6.48. The van der Waals surface area contributed by atoms with Crippen LogP contribution in [0.5, 0.6) is 11.5 Å². The van der Waals surface area contributed by atoms with Crippen LogP contribution in [0.15, 0.2) is 54.6 Å². The SMILES string of the molecule is CCOc1ccccc1OCC(=O)NC[C@H](C)c1ccccc1. The molecule has 0 bridgehead atoms. The summed E-state index contributed by atoms with van der Waals surface area (Å²) in [6, 6.07) is 17.5. The van der Waals surface area contributed by atoms with E-state index in [9.17, 15) is 4.79 Å². The summed E-state index contributed by atoms with van der Waals surface area (Å²) < 4.78 is 11.0. The Bertz CT molecular complexity index is 613. The first-order valence-electron chi connectivity index (χ1n) is 7.87. The summed E-state index contributed by atoms with van der Waals surface area (Å²) in [5.74, 6) is 1.36. The van der Waals surface area contributed by atoms with Crippen molar-refractivity contribution in [3.05, 3.63) is 60.2 Å². The maximum absolute atomic E-state index is 11.9. The van der Waals surface area contributed by atoms with Crippen molar-refractivity contribution in [2.75, 3.05) is 19.8 Å². The van der Waals surface area contributed by atoms with Gasteiger partial charge in [-0.15, -0.1) is 0 Å². The van der Waals surface area contributed by atoms with Crippen molar-refractivity contribution in [2.45, 2.75) is 19.8 Å². The van der Waals surface area contributed by atoms with E-state index in [2.05, 4.69) is 24.4 Å². The van der Waals surface area contributed by atoms with Gasteiger partial charge in [0.1, 0.15) is 0 Å². The molecule has 1 amide bonds. The number of ether oxygens (including phenoxy) is 2. The highest BCUT2D eigenvalue weighted by molar-refractivity contribution is 5.77. The first-order valence-corrected chi connectivity index (χ1v) is 7.87. The zero-order valence-electron chi connectivity index (χ0n) is 13.6. The molecule has 0 aliphatic carbocycles. The van der Waals surface area contributed by atoms with Crippen LogP contribution >= 0.6 is 0 Å². The third kappa shape index (κ3) is 5.33. The predicted octanol–water partition coefficient (Wildman–Crippen LogP) is 3.38. The molecule has 0 fully saturated rings. The predicted molar refractivity (Wildman–Crippen MR) is 91.0 cm³/mol. The Labute approximate surface area is 137 Å². The summed E-state index contributed by atoms with van der Waals surface area (Å²) >= 11 is 0. The third-order valence-corrected chi connectivity index (χ3v) is 3.48. The highest BCUT2D eigenvalue weighted by atomic mass is 16.5. The maximum Gasteiger partial charge on any atom is 0.257 e. The molecule has 0 unspecified atom stereocenters. The normalized spacial score (nSPS) is 11.6. The van der Waals surface area contributed by atoms with E-state index in [1.165, 1.54) is 5.56 Å². The standard InChI is InChI=1S/C19H23NO3/c1-3-22-17-11-7-8-12-18(17)23-14-19(21)20-13-15(2)16-9-5-4-6-10-16/h4-12,15H,3,13-14H2,1-2H3,(H,20,21)/t15-/m0/s1. The van der Waals surface area contributed by atoms with Gasteiger partial charge in [0, 0.05) is 6.54 Å². The van der Waals surface area contributed by atoms with Crippen LogP contribution in [-0.2, 0) is 4.79 Å². The molecule has 0 saturated carbocycles. The van der Waals surface area contributed by atoms with Crippen molar-refractivity contribution >= 4 is 5.91 Å². The second-order valence-corrected chi connectivity index (χ2v) is 5.28. The lowest BCUT2D eigenvalue weighted by atomic mass is 10.0. The molecule has 122 valence electrons. The maximum atomic E-state index is 11.9. The first kappa shape index (κ1) is 16.9. The highest BCUT2D eigenvalue weighted by Gasteiger charge is 2.09. The van der Waals surface area contributed by atoms with Crippen LogP contribution in [0.4, 0.5) is 0 Å². The lowest BCUT2D eigenvalue weighted by Gasteiger charge is -2.14. The van der Waals surface area contributed by atoms with Crippen LogP contribution in [-0.4, -0.2) is 25.7 Å². The van der Waals surface area contributed by atoms with Crippen molar-refractivity contribution in [1.29, 1.82) is 0 Å². The van der Waals surface area contributed by atoms with Crippen molar-refractivity contribution in [1.82, 2.24) is 5.32 Å². The van der Waals surface area contributed by atoms with Crippen molar-refractivity contribution < 1.29 is 14.3 Å². The molecule has 2 rings (SSSR count). The number of carbonyl (C=O) groups is 1. The second kappa shape index (κ2) is 8.83. The zero-order chi connectivity index (χ0) is 16.5. The van der Waals surface area contributed by atoms with E-state index >= 15 is 0 Å². The van der Waals surface area contributed by atoms with Crippen LogP contribution in [0.3, 0.4) is 0 Å². The summed E-state index contributed by atoms with van der Waals surface area (Å²) in [5, 5.41) is 2.90. The largest absolute Gasteiger partial charge is 0.490 e. The minimum Gasteiger partial charge on any atom is -0.490 e. The number of carbonyl (C=O) groups excluding carboxylic acids is 1. The lowest BCUT2D eigenvalue weighted by Crippen LogP contribution is -2.31. The Morgan fingerprint density at radius 2 is 1.61 bits per heavy atom. The fourth-order valence-electron chi connectivity index (χ4n) is 2.20. The van der Waals surface area contributed by atoms with Crippen LogP contribution in [0.25, 0.3) is 0 Å². The molecule has 0 aliphatic rings. The topological polar surface area (TPSA) is 47.6 Å². The number of benzene rings is 2. The van der Waals surface area contributed by atoms with Gasteiger partial charge in [0.05, 0.1) is 6.61 Å². The van der Waals surface area contributed by atoms with E-state index in [1.54, 1.807) is 6.07 Å². The number of hydrogen-bond donors (Lipinski definition) is 1. The van der Waals surface area contributed by atoms with Gasteiger partial charge < -0.3 is 14.8 Å². The molecule has 4 nitrogen and oxygen atoms in total. The summed E-state index contributed by atoms with van der Waals surface area (Å²) in [4.78, 5) is 11.9. The molecule has 0 saturated heterocycles. The molecule has 2 aromatic carbocycles. The van der Waals surface area contributed by atoms with Crippen molar-refractivity contribution in [3.63, 3.8) is 0 Å². The average molecular weight is 313 g/mol. The lowest BCUT2D eigenvalue weighted by molar-refractivity contribution is -0.123. The fraction of sp³-hybridized carbons (Fsp3) is 0.316. The summed E-state index contributed by atoms with van der Waals surface area (Å²) in [6.45, 7) is 5.11. The van der Waals surface area contributed by atoms with Crippen molar-refractivity contribution in [3.8, 4) is 11.5 Å². The minimum absolute atomic E-state index is 0.0222. The molecule has 0 spiro atoms. The monoisotopic (exact) mass is 313 g/mol. The zero-order valence-corrected chi connectivity index (χ0v) is 13.6. The third-order valence-electron chi connectivity index (χ3n) is 3.48. The van der Waals surface area contributed by atoms with Gasteiger partial charge in [-0.1, -0.05) is 49.4 Å². The Balaban J connectivity index is 1.79. The van der Waals surface area contributed by atoms with E-state index in [0.717, 1.165) is 0 Å². The van der Waals surface area contributed by atoms with Gasteiger partial charge in [-0.25, -0.2) is 0 Å². The number of nitrogens with one attached hydrogen (secondary N) is 1. The van der Waals surface area contributed by atoms with Gasteiger partial charge in [-0.2, -0.15) is 0 Å². The van der Waals surface area contributed by atoms with E-state index in [4.69, 9.17) is 9.47 Å². The van der Waals surface area contributed by atoms with E-state index in [1.807, 2.05) is 43.3 Å². The number of rotatable bonds is 8. The molecule has 4 heteroatoms. The fourth-order valence-corrected chi connectivity index (χ4v) is 2.20. The minimum atomic E-state index is -0.140. The molecule has 0 radical (unpaired) electrons. The summed E-state index contributed by atoms with van der Waals surface area (Å²) in [5.41, 5.74) is 1.20. The highest BCUT2D eigenvalue weighted by Crippen LogP contribution is 2.26. The Hall–Kier alpha value is -2.49. The van der Waals surface area contributed by atoms with E-state index < -0.39 is 0 Å². The van der Waals surface area contributed by atoms with Crippen LogP contribution in [0.2, 0.25) is 0 Å². The van der Waals surface area contributed by atoms with Gasteiger partial charge in [0.25, 0.3) is 5.91 Å². The molecular formula is C19H23NO3. The average Bonchev–Trinajstić information content (AvgIpc) is 2.60. The van der Waals surface area contributed by atoms with Gasteiger partial charge in [-0.3, -0.25) is 4.79 Å². The second-order valence-electron chi connectivity index (χ2n) is 5.28. The van der Waals surface area contributed by atoms with Gasteiger partial charge in [0.2, 0.25) is 0 Å². The Morgan fingerprint density at radius 1 is 1.00 bits per heavy atom. The van der Waals surface area contributed by atoms with Crippen LogP contribution < -0.4 is 14.8 Å². The van der Waals surface area contributed by atoms with Crippen LogP contribution in [0, 0.1) is 0 Å². The number of para-hydroxylation sites is 2. The molecular weight excluding hydrogens is 290 g/mol. The van der Waals surface area contributed by atoms with Gasteiger partial charge in [-0.05, 0) is 30.5 Å². The number of amides is 1. The number of hydrogen-bond acceptors (Lipinski definition) is 3. The molecule has 0 heterocycles. The summed E-state index contributed by atoms with van der Waals surface area (Å²) in [6.07, 6.45) is 0. The Morgan fingerprint density at radius 3 is 2.26 bits per heavy atom. The van der Waals surface area contributed by atoms with Crippen molar-refractivity contribution in [2.24, 2.45) is 0 Å². The molecule has 1 atom stereocenters. The molecule has 0 aliphatic heterocycles. The molecule has 0 aromatic heterocycles. The molecule has 23 heavy (non-hydrogen) atoms. The van der Waals surface area contributed by atoms with E-state index in [0.29, 0.717) is 24.7 Å². The van der Waals surface area contributed by atoms with E-state index in [-0.39, 0.29) is 18.4 Å². The smallest absolute Gasteiger partial charge is 0.257 e. The van der Waals surface area contributed by atoms with Gasteiger partial charge in [0.15, 0.2) is 18.1 Å². The van der Waals surface area contributed by atoms with Crippen LogP contribution in [0.1, 0.15) is 25.3 Å². The van der Waals surface area contributed by atoms with Gasteiger partial charge >= 0.3 is 0 Å².